The third-order valence-corrected chi connectivity index (χ3v) is 9.20. The molecule has 0 spiro atoms. The Morgan fingerprint density at radius 1 is 1.11 bits per heavy atom. The van der Waals surface area contributed by atoms with Crippen molar-refractivity contribution in [3.05, 3.63) is 41.6 Å². The van der Waals surface area contributed by atoms with Crippen molar-refractivity contribution in [3.63, 3.8) is 0 Å². The molecule has 1 aromatic carbocycles. The van der Waals surface area contributed by atoms with Crippen LogP contribution in [0.4, 0.5) is 0 Å². The number of ether oxygens (including phenoxy) is 2. The van der Waals surface area contributed by atoms with E-state index in [-0.39, 0.29) is 23.7 Å². The van der Waals surface area contributed by atoms with Gasteiger partial charge in [-0.05, 0) is 77.0 Å². The quantitative estimate of drug-likeness (QED) is 0.459. The van der Waals surface area contributed by atoms with Crippen LogP contribution >= 0.6 is 0 Å². The molecule has 0 amide bonds. The second kappa shape index (κ2) is 11.2. The van der Waals surface area contributed by atoms with Gasteiger partial charge in [0.15, 0.2) is 0 Å². The first kappa shape index (κ1) is 27.0. The van der Waals surface area contributed by atoms with Crippen LogP contribution in [0.3, 0.4) is 0 Å². The smallest absolute Gasteiger partial charge is 0.310 e. The van der Waals surface area contributed by atoms with Gasteiger partial charge in [-0.25, -0.2) is 12.7 Å². The summed E-state index contributed by atoms with van der Waals surface area (Å²) < 4.78 is 40.1. The van der Waals surface area contributed by atoms with Crippen molar-refractivity contribution in [1.82, 2.24) is 9.29 Å². The van der Waals surface area contributed by atoms with E-state index < -0.39 is 21.5 Å². The summed E-state index contributed by atoms with van der Waals surface area (Å²) >= 11 is 0. The largest absolute Gasteiger partial charge is 0.460 e. The van der Waals surface area contributed by atoms with E-state index in [1.54, 1.807) is 4.31 Å². The highest BCUT2D eigenvalue weighted by atomic mass is 32.2. The molecule has 8 heteroatoms. The van der Waals surface area contributed by atoms with Crippen LogP contribution in [-0.4, -0.2) is 54.2 Å². The molecule has 0 radical (unpaired) electrons. The number of piperidine rings is 1. The highest BCUT2D eigenvalue weighted by molar-refractivity contribution is 7.89. The second-order valence-electron chi connectivity index (χ2n) is 11.3. The van der Waals surface area contributed by atoms with Gasteiger partial charge in [-0.15, -0.1) is 0 Å². The zero-order valence-electron chi connectivity index (χ0n) is 22.0. The van der Waals surface area contributed by atoms with E-state index in [1.807, 2.05) is 45.9 Å². The van der Waals surface area contributed by atoms with Crippen LogP contribution in [0.1, 0.15) is 70.6 Å². The van der Waals surface area contributed by atoms with Gasteiger partial charge in [0.05, 0.1) is 29.9 Å². The Morgan fingerprint density at radius 2 is 1.78 bits per heavy atom. The Labute approximate surface area is 215 Å². The minimum absolute atomic E-state index is 0.000156. The Balaban J connectivity index is 1.35. The number of fused-ring (bicyclic) bond motifs is 1. The van der Waals surface area contributed by atoms with Crippen LogP contribution in [0.5, 0.6) is 0 Å². The molecule has 1 aliphatic carbocycles. The number of rotatable bonds is 8. The van der Waals surface area contributed by atoms with Crippen LogP contribution in [0.2, 0.25) is 0 Å². The molecule has 4 rings (SSSR count). The van der Waals surface area contributed by atoms with E-state index in [0.717, 1.165) is 47.8 Å². The summed E-state index contributed by atoms with van der Waals surface area (Å²) in [6, 6.07) is 10.1. The molecule has 1 aromatic heterocycles. The molecule has 1 saturated heterocycles. The lowest BCUT2D eigenvalue weighted by Crippen LogP contribution is -2.45. The molecule has 2 fully saturated rings. The summed E-state index contributed by atoms with van der Waals surface area (Å²) in [5.74, 6) is -1.07. The van der Waals surface area contributed by atoms with Gasteiger partial charge in [0.1, 0.15) is 5.60 Å². The topological polar surface area (TPSA) is 85.8 Å². The molecule has 198 valence electrons. The fraction of sp³-hybridized carbons (Fsp3) is 0.643. The number of para-hydroxylation sites is 1. The number of aromatic nitrogens is 1. The number of hydrogen-bond donors (Lipinski definition) is 0. The van der Waals surface area contributed by atoms with Crippen molar-refractivity contribution in [2.75, 3.05) is 18.8 Å². The van der Waals surface area contributed by atoms with Gasteiger partial charge in [-0.1, -0.05) is 31.0 Å². The number of benzene rings is 1. The molecule has 2 heterocycles. The molecular weight excluding hydrogens is 476 g/mol. The first-order valence-corrected chi connectivity index (χ1v) is 14.8. The van der Waals surface area contributed by atoms with E-state index >= 15 is 0 Å². The van der Waals surface area contributed by atoms with Crippen LogP contribution in [-0.2, 0) is 30.9 Å². The minimum atomic E-state index is -3.58. The molecule has 1 aliphatic heterocycles. The summed E-state index contributed by atoms with van der Waals surface area (Å²) in [6.07, 6.45) is 5.14. The number of hydrogen-bond acceptors (Lipinski definition) is 6. The predicted molar refractivity (Wildman–Crippen MR) is 141 cm³/mol. The van der Waals surface area contributed by atoms with E-state index in [9.17, 15) is 13.2 Å². The number of carbonyl (C=O) groups excluding carboxylic acids is 1. The van der Waals surface area contributed by atoms with Gasteiger partial charge in [-0.2, -0.15) is 0 Å². The zero-order valence-corrected chi connectivity index (χ0v) is 22.9. The lowest BCUT2D eigenvalue weighted by atomic mass is 9.92. The first-order chi connectivity index (χ1) is 17.0. The normalized spacial score (nSPS) is 19.6. The first-order valence-electron chi connectivity index (χ1n) is 13.2. The van der Waals surface area contributed by atoms with Gasteiger partial charge < -0.3 is 9.47 Å². The van der Waals surface area contributed by atoms with Crippen molar-refractivity contribution >= 4 is 26.9 Å². The number of esters is 1. The van der Waals surface area contributed by atoms with Crippen LogP contribution in [0.25, 0.3) is 10.9 Å². The highest BCUT2D eigenvalue weighted by Crippen LogP contribution is 2.34. The van der Waals surface area contributed by atoms with Gasteiger partial charge in [0.25, 0.3) is 0 Å². The van der Waals surface area contributed by atoms with Crippen LogP contribution in [0.15, 0.2) is 30.3 Å². The number of pyridine rings is 1. The van der Waals surface area contributed by atoms with Crippen molar-refractivity contribution in [1.29, 1.82) is 0 Å². The molecule has 1 atom stereocenters. The van der Waals surface area contributed by atoms with E-state index in [1.165, 1.54) is 0 Å². The molecule has 0 N–H and O–H groups in total. The van der Waals surface area contributed by atoms with Crippen molar-refractivity contribution in [2.24, 2.45) is 11.8 Å². The van der Waals surface area contributed by atoms with Gasteiger partial charge in [-0.3, -0.25) is 9.78 Å². The third-order valence-electron chi connectivity index (χ3n) is 7.27. The van der Waals surface area contributed by atoms with Gasteiger partial charge in [0, 0.05) is 24.2 Å². The lowest BCUT2D eigenvalue weighted by Gasteiger charge is -2.33. The van der Waals surface area contributed by atoms with E-state index in [0.29, 0.717) is 32.5 Å². The van der Waals surface area contributed by atoms with Gasteiger partial charge >= 0.3 is 5.97 Å². The molecule has 2 aromatic rings. The maximum Gasteiger partial charge on any atom is 0.310 e. The molecular formula is C28H40N2O5S. The summed E-state index contributed by atoms with van der Waals surface area (Å²) in [7, 11) is -3.58. The molecule has 1 saturated carbocycles. The Morgan fingerprint density at radius 3 is 2.44 bits per heavy atom. The average Bonchev–Trinajstić information content (AvgIpc) is 3.35. The molecule has 2 aliphatic rings. The minimum Gasteiger partial charge on any atom is -0.460 e. The number of nitrogens with zero attached hydrogens (tertiary/aromatic N) is 2. The van der Waals surface area contributed by atoms with Crippen molar-refractivity contribution in [2.45, 2.75) is 84.5 Å². The summed E-state index contributed by atoms with van der Waals surface area (Å²) in [6.45, 7) is 8.76. The third kappa shape index (κ3) is 6.84. The molecule has 36 heavy (non-hydrogen) atoms. The summed E-state index contributed by atoms with van der Waals surface area (Å²) in [5, 5.41) is 1.09. The summed E-state index contributed by atoms with van der Waals surface area (Å²) in [5.41, 5.74) is 2.38. The van der Waals surface area contributed by atoms with Gasteiger partial charge in [0.2, 0.25) is 10.0 Å². The fourth-order valence-electron chi connectivity index (χ4n) is 5.46. The van der Waals surface area contributed by atoms with E-state index in [4.69, 9.17) is 9.47 Å². The standard InChI is InChI=1S/C28H40N2O5S/c1-20-17-22(24-11-7-8-12-26(24)29-20)18-34-23-13-15-30(16-14-23)36(32,33)19-25(21-9-5-6-10-21)27(31)35-28(2,3)4/h7-8,11-12,17,21,23,25H,5-6,9-10,13-16,18-19H2,1-4H3/t25-/m1/s1. The maximum absolute atomic E-state index is 13.4. The molecule has 0 bridgehead atoms. The Hall–Kier alpha value is -2.03. The average molecular weight is 517 g/mol. The monoisotopic (exact) mass is 516 g/mol. The van der Waals surface area contributed by atoms with Crippen molar-refractivity contribution < 1.29 is 22.7 Å². The Kier molecular flexibility index (Phi) is 8.37. The highest BCUT2D eigenvalue weighted by Gasteiger charge is 2.39. The van der Waals surface area contributed by atoms with Crippen LogP contribution in [0, 0.1) is 18.8 Å². The SMILES string of the molecule is Cc1cc(COC2CCN(S(=O)(=O)C[C@@H](C(=O)OC(C)(C)C)C3CCCC3)CC2)c2ccccc2n1. The lowest BCUT2D eigenvalue weighted by molar-refractivity contribution is -0.161. The number of carbonyl (C=O) groups is 1. The predicted octanol–water partition coefficient (Wildman–Crippen LogP) is 5.00. The number of sulfonamides is 1. The fourth-order valence-corrected chi connectivity index (χ4v) is 7.30. The Bertz CT molecular complexity index is 1160. The molecule has 7 nitrogen and oxygen atoms in total. The van der Waals surface area contributed by atoms with Crippen molar-refractivity contribution in [3.8, 4) is 0 Å². The maximum atomic E-state index is 13.4. The van der Waals surface area contributed by atoms with E-state index in [2.05, 4.69) is 17.1 Å². The van der Waals surface area contributed by atoms with Crippen LogP contribution < -0.4 is 0 Å². The summed E-state index contributed by atoms with van der Waals surface area (Å²) in [4.78, 5) is 17.6. The zero-order chi connectivity index (χ0) is 25.9. The second-order valence-corrected chi connectivity index (χ2v) is 13.3. The number of aryl methyl sites for hydroxylation is 1. The molecule has 0 unspecified atom stereocenters.